The summed E-state index contributed by atoms with van der Waals surface area (Å²) in [7, 11) is -4.29. The Morgan fingerprint density at radius 1 is 1.09 bits per heavy atom. The fourth-order valence-electron chi connectivity index (χ4n) is 3.62. The highest BCUT2D eigenvalue weighted by Crippen LogP contribution is 2.27. The summed E-state index contributed by atoms with van der Waals surface area (Å²) in [6, 6.07) is 5.20. The lowest BCUT2D eigenvalue weighted by Crippen LogP contribution is -2.33. The average molecular weight is 485 g/mol. The van der Waals surface area contributed by atoms with Gasteiger partial charge in [-0.3, -0.25) is 0 Å². The van der Waals surface area contributed by atoms with Crippen molar-refractivity contribution in [3.05, 3.63) is 30.6 Å². The van der Waals surface area contributed by atoms with Gasteiger partial charge in [-0.05, 0) is 43.0 Å². The molecule has 178 valence electrons. The van der Waals surface area contributed by atoms with E-state index in [1.54, 1.807) is 0 Å². The second-order valence-corrected chi connectivity index (χ2v) is 9.62. The van der Waals surface area contributed by atoms with Crippen molar-refractivity contribution in [1.82, 2.24) is 24.7 Å². The largest absolute Gasteiger partial charge is 0.476 e. The van der Waals surface area contributed by atoms with Crippen molar-refractivity contribution in [3.63, 3.8) is 0 Å². The van der Waals surface area contributed by atoms with E-state index < -0.39 is 22.7 Å². The second-order valence-electron chi connectivity index (χ2n) is 7.86. The topological polar surface area (TPSA) is 122 Å². The van der Waals surface area contributed by atoms with E-state index in [0.29, 0.717) is 35.3 Å². The molecule has 0 radical (unpaired) electrons. The van der Waals surface area contributed by atoms with E-state index in [0.717, 1.165) is 12.8 Å². The minimum Gasteiger partial charge on any atom is -0.476 e. The Kier molecular flexibility index (Phi) is 6.70. The van der Waals surface area contributed by atoms with Gasteiger partial charge in [-0.2, -0.15) is 23.1 Å². The Hall–Kier alpha value is -2.93. The number of anilines is 2. The molecule has 0 aliphatic heterocycles. The number of sulfonamides is 1. The Bertz CT molecular complexity index is 1190. The Morgan fingerprint density at radius 2 is 1.82 bits per heavy atom. The van der Waals surface area contributed by atoms with Gasteiger partial charge in [0, 0.05) is 5.69 Å². The maximum atomic E-state index is 12.3. The van der Waals surface area contributed by atoms with Crippen molar-refractivity contribution in [3.8, 4) is 5.88 Å². The van der Waals surface area contributed by atoms with Crippen LogP contribution in [0.25, 0.3) is 11.2 Å². The van der Waals surface area contributed by atoms with Gasteiger partial charge in [-0.25, -0.2) is 18.1 Å². The summed E-state index contributed by atoms with van der Waals surface area (Å²) < 4.78 is 68.5. The molecule has 1 aliphatic carbocycles. The highest BCUT2D eigenvalue weighted by atomic mass is 32.2. The summed E-state index contributed by atoms with van der Waals surface area (Å²) in [6.45, 7) is -1.10. The number of halogens is 3. The lowest BCUT2D eigenvalue weighted by molar-refractivity contribution is -0.121. The maximum Gasteiger partial charge on any atom is 0.402 e. The fourth-order valence-corrected chi connectivity index (χ4v) is 4.64. The van der Waals surface area contributed by atoms with E-state index in [1.165, 1.54) is 54.6 Å². The molecule has 13 heteroatoms. The molecule has 4 rings (SSSR count). The number of alkyl halides is 3. The van der Waals surface area contributed by atoms with Gasteiger partial charge in [0.05, 0.1) is 17.8 Å². The number of hydrogen-bond donors (Lipinski definition) is 3. The van der Waals surface area contributed by atoms with Gasteiger partial charge in [0.2, 0.25) is 21.9 Å². The Morgan fingerprint density at radius 3 is 2.52 bits per heavy atom. The minimum atomic E-state index is -4.64. The lowest BCUT2D eigenvalue weighted by Gasteiger charge is -2.21. The summed E-state index contributed by atoms with van der Waals surface area (Å²) in [5.41, 5.74) is 1.43. The van der Waals surface area contributed by atoms with Crippen LogP contribution in [0.4, 0.5) is 24.8 Å². The van der Waals surface area contributed by atoms with E-state index in [1.807, 2.05) is 0 Å². The molecule has 33 heavy (non-hydrogen) atoms. The van der Waals surface area contributed by atoms with Crippen LogP contribution < -0.4 is 14.8 Å². The van der Waals surface area contributed by atoms with Crippen LogP contribution in [0.2, 0.25) is 0 Å². The second kappa shape index (κ2) is 9.51. The van der Waals surface area contributed by atoms with Crippen LogP contribution in [0.5, 0.6) is 5.88 Å². The fraction of sp³-hybridized carbons (Fsp3) is 0.450. The number of nitrogens with zero attached hydrogens (tertiary/aromatic N) is 3. The van der Waals surface area contributed by atoms with Gasteiger partial charge >= 0.3 is 6.18 Å². The molecule has 2 aromatic heterocycles. The van der Waals surface area contributed by atoms with Gasteiger partial charge in [0.25, 0.3) is 0 Å². The molecule has 1 saturated carbocycles. The number of fused-ring (bicyclic) bond motifs is 1. The average Bonchev–Trinajstić information content (AvgIpc) is 3.26. The summed E-state index contributed by atoms with van der Waals surface area (Å²) in [6.07, 6.45) is 2.72. The number of rotatable bonds is 8. The number of aromatic nitrogens is 4. The summed E-state index contributed by atoms with van der Waals surface area (Å²) in [5.74, 6) is 1.01. The standard InChI is InChI=1S/C20H23F3N6O3S/c21-20(22,23)11-26-33(30,31)15-8-6-14(7-9-15)27-19-28-17-16(24-12-25-17)18(29-19)32-10-13-4-2-1-3-5-13/h6-9,12-13,26H,1-5,10-11H2,(H2,24,25,27,28,29). The van der Waals surface area contributed by atoms with Crippen LogP contribution in [0.15, 0.2) is 35.5 Å². The van der Waals surface area contributed by atoms with E-state index in [2.05, 4.69) is 25.3 Å². The number of imidazole rings is 1. The number of aromatic amines is 1. The van der Waals surface area contributed by atoms with Crippen molar-refractivity contribution in [2.75, 3.05) is 18.5 Å². The molecule has 0 unspecified atom stereocenters. The monoisotopic (exact) mass is 484 g/mol. The Labute approximate surface area is 188 Å². The van der Waals surface area contributed by atoms with E-state index in [9.17, 15) is 21.6 Å². The molecule has 0 spiro atoms. The summed E-state index contributed by atoms with van der Waals surface area (Å²) >= 11 is 0. The molecule has 0 bridgehead atoms. The van der Waals surface area contributed by atoms with Gasteiger partial charge in [-0.15, -0.1) is 0 Å². The number of H-pyrrole nitrogens is 1. The quantitative estimate of drug-likeness (QED) is 0.443. The molecular weight excluding hydrogens is 461 g/mol. The zero-order valence-corrected chi connectivity index (χ0v) is 18.3. The van der Waals surface area contributed by atoms with Gasteiger partial charge in [0.1, 0.15) is 6.54 Å². The third-order valence-corrected chi connectivity index (χ3v) is 6.73. The smallest absolute Gasteiger partial charge is 0.402 e. The molecule has 0 atom stereocenters. The van der Waals surface area contributed by atoms with Crippen LogP contribution in [0.1, 0.15) is 32.1 Å². The summed E-state index contributed by atoms with van der Waals surface area (Å²) in [4.78, 5) is 15.6. The number of benzene rings is 1. The predicted molar refractivity (Wildman–Crippen MR) is 115 cm³/mol. The van der Waals surface area contributed by atoms with Gasteiger partial charge < -0.3 is 15.0 Å². The van der Waals surface area contributed by atoms with Crippen LogP contribution in [-0.4, -0.2) is 47.7 Å². The summed E-state index contributed by atoms with van der Waals surface area (Å²) in [5, 5.41) is 2.95. The first-order chi connectivity index (χ1) is 15.7. The van der Waals surface area contributed by atoms with E-state index in [-0.39, 0.29) is 10.8 Å². The van der Waals surface area contributed by atoms with Crippen molar-refractivity contribution in [2.24, 2.45) is 5.92 Å². The van der Waals surface area contributed by atoms with Crippen molar-refractivity contribution in [1.29, 1.82) is 0 Å². The SMILES string of the molecule is O=S(=O)(NCC(F)(F)F)c1ccc(Nc2nc(OCC3CCCCC3)c3nc[nH]c3n2)cc1. The van der Waals surface area contributed by atoms with Gasteiger partial charge in [-0.1, -0.05) is 19.3 Å². The molecule has 3 aromatic rings. The minimum absolute atomic E-state index is 0.205. The maximum absolute atomic E-state index is 12.3. The first-order valence-electron chi connectivity index (χ1n) is 10.5. The highest BCUT2D eigenvalue weighted by molar-refractivity contribution is 7.89. The molecule has 1 aromatic carbocycles. The third-order valence-electron chi connectivity index (χ3n) is 5.31. The van der Waals surface area contributed by atoms with Crippen LogP contribution >= 0.6 is 0 Å². The van der Waals surface area contributed by atoms with Gasteiger partial charge in [0.15, 0.2) is 11.2 Å². The van der Waals surface area contributed by atoms with Crippen LogP contribution in [-0.2, 0) is 10.0 Å². The molecule has 1 fully saturated rings. The van der Waals surface area contributed by atoms with Crippen LogP contribution in [0.3, 0.4) is 0 Å². The van der Waals surface area contributed by atoms with E-state index in [4.69, 9.17) is 4.74 Å². The van der Waals surface area contributed by atoms with E-state index >= 15 is 0 Å². The number of hydrogen-bond acceptors (Lipinski definition) is 7. The molecule has 9 nitrogen and oxygen atoms in total. The lowest BCUT2D eigenvalue weighted by atomic mass is 9.90. The van der Waals surface area contributed by atoms with Crippen molar-refractivity contribution >= 4 is 32.8 Å². The molecule has 3 N–H and O–H groups in total. The Balaban J connectivity index is 1.47. The molecule has 0 saturated heterocycles. The highest BCUT2D eigenvalue weighted by Gasteiger charge is 2.30. The number of nitrogens with one attached hydrogen (secondary N) is 3. The van der Waals surface area contributed by atoms with Crippen LogP contribution in [0, 0.1) is 5.92 Å². The zero-order chi connectivity index (χ0) is 23.5. The molecular formula is C20H23F3N6O3S. The molecule has 2 heterocycles. The molecule has 1 aliphatic rings. The van der Waals surface area contributed by atoms with Crippen molar-refractivity contribution < 1.29 is 26.3 Å². The van der Waals surface area contributed by atoms with Crippen molar-refractivity contribution in [2.45, 2.75) is 43.2 Å². The molecule has 0 amide bonds. The predicted octanol–water partition coefficient (Wildman–Crippen LogP) is 3.90. The first-order valence-corrected chi connectivity index (χ1v) is 12.0. The third kappa shape index (κ3) is 6.11. The normalized spacial score (nSPS) is 15.6. The number of ether oxygens (including phenoxy) is 1. The first kappa shape index (κ1) is 23.2. The zero-order valence-electron chi connectivity index (χ0n) is 17.5.